The normalized spacial score (nSPS) is 10.9. The van der Waals surface area contributed by atoms with Gasteiger partial charge in [0.1, 0.15) is 17.3 Å². The van der Waals surface area contributed by atoms with E-state index in [0.29, 0.717) is 17.9 Å². The fraction of sp³-hybridized carbons (Fsp3) is 0.222. The van der Waals surface area contributed by atoms with Crippen molar-refractivity contribution in [2.45, 2.75) is 25.9 Å². The number of H-pyrrole nitrogens is 1. The van der Waals surface area contributed by atoms with Crippen molar-refractivity contribution in [2.24, 2.45) is 0 Å². The number of aryl methyl sites for hydroxylation is 1. The summed E-state index contributed by atoms with van der Waals surface area (Å²) >= 11 is 0. The van der Waals surface area contributed by atoms with E-state index in [1.165, 1.54) is 16.6 Å². The summed E-state index contributed by atoms with van der Waals surface area (Å²) in [6.45, 7) is 0.459. The van der Waals surface area contributed by atoms with Gasteiger partial charge in [-0.15, -0.1) is 0 Å². The van der Waals surface area contributed by atoms with Crippen LogP contribution in [-0.2, 0) is 29.0 Å². The minimum absolute atomic E-state index is 0.0658. The first-order valence-corrected chi connectivity index (χ1v) is 11.6. The van der Waals surface area contributed by atoms with Gasteiger partial charge in [0, 0.05) is 25.5 Å². The molecule has 1 amide bonds. The van der Waals surface area contributed by atoms with Crippen LogP contribution in [0.5, 0.6) is 0 Å². The zero-order valence-corrected chi connectivity index (χ0v) is 20.0. The van der Waals surface area contributed by atoms with E-state index < -0.39 is 11.2 Å². The lowest BCUT2D eigenvalue weighted by Gasteiger charge is -2.24. The Bertz CT molecular complexity index is 1420. The molecule has 0 saturated heterocycles. The number of furan rings is 1. The van der Waals surface area contributed by atoms with Crippen molar-refractivity contribution >= 4 is 17.4 Å². The summed E-state index contributed by atoms with van der Waals surface area (Å²) in [6.07, 6.45) is 0.405. The molecule has 0 unspecified atom stereocenters. The van der Waals surface area contributed by atoms with Crippen molar-refractivity contribution in [1.29, 1.82) is 0 Å². The maximum Gasteiger partial charge on any atom is 0.330 e. The summed E-state index contributed by atoms with van der Waals surface area (Å²) < 4.78 is 12.2. The average molecular weight is 489 g/mol. The number of nitrogen functional groups attached to an aromatic ring is 1. The average Bonchev–Trinajstić information content (AvgIpc) is 3.37. The predicted octanol–water partition coefficient (Wildman–Crippen LogP) is 3.19. The van der Waals surface area contributed by atoms with Gasteiger partial charge in [0.05, 0.1) is 19.7 Å². The monoisotopic (exact) mass is 488 g/mol. The molecule has 2 aromatic heterocycles. The second kappa shape index (κ2) is 11.4. The number of benzene rings is 2. The Morgan fingerprint density at radius 3 is 2.42 bits per heavy atom. The van der Waals surface area contributed by atoms with E-state index in [2.05, 4.69) is 4.98 Å². The maximum atomic E-state index is 13.5. The van der Waals surface area contributed by atoms with E-state index in [1.807, 2.05) is 72.8 Å². The molecule has 2 heterocycles. The molecular weight excluding hydrogens is 460 g/mol. The minimum atomic E-state index is -0.722. The van der Waals surface area contributed by atoms with Crippen LogP contribution < -0.4 is 21.9 Å². The zero-order chi connectivity index (χ0) is 25.5. The molecule has 9 nitrogen and oxygen atoms in total. The van der Waals surface area contributed by atoms with Crippen LogP contribution >= 0.6 is 0 Å². The summed E-state index contributed by atoms with van der Waals surface area (Å²) in [5.74, 6) is 0.944. The van der Waals surface area contributed by atoms with Gasteiger partial charge in [-0.2, -0.15) is 0 Å². The number of anilines is 2. The number of nitrogens with one attached hydrogen (secondary N) is 1. The Balaban J connectivity index is 1.62. The summed E-state index contributed by atoms with van der Waals surface area (Å²) in [7, 11) is 1.50. The second-order valence-electron chi connectivity index (χ2n) is 8.24. The SMILES string of the molecule is COCCn1c(N)c(N(Cc2ccccc2)C(=O)CCc2ccc(-c3ccccc3)o2)c(=O)[nH]c1=O. The van der Waals surface area contributed by atoms with Crippen molar-refractivity contribution in [3.63, 3.8) is 0 Å². The van der Waals surface area contributed by atoms with Crippen LogP contribution in [0, 0.1) is 0 Å². The topological polar surface area (TPSA) is 124 Å². The van der Waals surface area contributed by atoms with E-state index in [0.717, 1.165) is 11.1 Å². The predicted molar refractivity (Wildman–Crippen MR) is 138 cm³/mol. The number of carbonyl (C=O) groups is 1. The molecule has 0 spiro atoms. The highest BCUT2D eigenvalue weighted by molar-refractivity contribution is 5.95. The number of carbonyl (C=O) groups excluding carboxylic acids is 1. The van der Waals surface area contributed by atoms with Crippen LogP contribution in [0.1, 0.15) is 17.7 Å². The van der Waals surface area contributed by atoms with Crippen molar-refractivity contribution in [1.82, 2.24) is 9.55 Å². The third-order valence-corrected chi connectivity index (χ3v) is 5.79. The van der Waals surface area contributed by atoms with E-state index >= 15 is 0 Å². The van der Waals surface area contributed by atoms with Gasteiger partial charge >= 0.3 is 5.69 Å². The van der Waals surface area contributed by atoms with Gasteiger partial charge in [0.15, 0.2) is 5.69 Å². The van der Waals surface area contributed by atoms with Gasteiger partial charge in [-0.05, 0) is 17.7 Å². The Hall–Kier alpha value is -4.37. The molecule has 186 valence electrons. The molecule has 0 radical (unpaired) electrons. The standard InChI is InChI=1S/C27H28N4O5/c1-35-17-16-30-25(28)24(26(33)29-27(30)34)31(18-19-8-4-2-5-9-19)23(32)15-13-21-12-14-22(36-21)20-10-6-3-7-11-20/h2-12,14H,13,15-18,28H2,1H3,(H,29,33,34). The first kappa shape index (κ1) is 24.7. The van der Waals surface area contributed by atoms with Crippen LogP contribution in [0.2, 0.25) is 0 Å². The number of methoxy groups -OCH3 is 1. The minimum Gasteiger partial charge on any atom is -0.461 e. The fourth-order valence-electron chi connectivity index (χ4n) is 3.94. The highest BCUT2D eigenvalue weighted by Gasteiger charge is 2.25. The van der Waals surface area contributed by atoms with Crippen LogP contribution in [0.4, 0.5) is 11.5 Å². The van der Waals surface area contributed by atoms with Gasteiger partial charge in [-0.25, -0.2) is 4.79 Å². The largest absolute Gasteiger partial charge is 0.461 e. The van der Waals surface area contributed by atoms with Crippen molar-refractivity contribution in [3.05, 3.63) is 105 Å². The number of amides is 1. The lowest BCUT2D eigenvalue weighted by atomic mass is 10.1. The fourth-order valence-corrected chi connectivity index (χ4v) is 3.94. The lowest BCUT2D eigenvalue weighted by Crippen LogP contribution is -2.41. The van der Waals surface area contributed by atoms with Crippen LogP contribution in [0.3, 0.4) is 0 Å². The van der Waals surface area contributed by atoms with Crippen molar-refractivity contribution in [3.8, 4) is 11.3 Å². The number of nitrogens with two attached hydrogens (primary N) is 1. The molecule has 0 atom stereocenters. The van der Waals surface area contributed by atoms with Gasteiger partial charge < -0.3 is 19.8 Å². The van der Waals surface area contributed by atoms with Gasteiger partial charge in [-0.3, -0.25) is 19.1 Å². The van der Waals surface area contributed by atoms with Crippen LogP contribution in [0.15, 0.2) is 86.8 Å². The molecule has 0 aliphatic rings. The van der Waals surface area contributed by atoms with E-state index in [-0.39, 0.29) is 43.5 Å². The smallest absolute Gasteiger partial charge is 0.330 e. The first-order valence-electron chi connectivity index (χ1n) is 11.6. The molecule has 0 fully saturated rings. The van der Waals surface area contributed by atoms with Gasteiger partial charge in [0.25, 0.3) is 5.56 Å². The summed E-state index contributed by atoms with van der Waals surface area (Å²) in [6, 6.07) is 22.6. The maximum absolute atomic E-state index is 13.5. The number of aromatic nitrogens is 2. The Labute approximate surface area is 207 Å². The highest BCUT2D eigenvalue weighted by atomic mass is 16.5. The molecule has 3 N–H and O–H groups in total. The molecule has 0 saturated carbocycles. The van der Waals surface area contributed by atoms with Crippen LogP contribution in [0.25, 0.3) is 11.3 Å². The number of ether oxygens (including phenoxy) is 1. The molecular formula is C27H28N4O5. The van der Waals surface area contributed by atoms with Crippen LogP contribution in [-0.4, -0.2) is 29.2 Å². The number of hydrogen-bond donors (Lipinski definition) is 2. The molecule has 0 aliphatic heterocycles. The number of hydrogen-bond acceptors (Lipinski definition) is 6. The molecule has 0 aliphatic carbocycles. The summed E-state index contributed by atoms with van der Waals surface area (Å²) in [4.78, 5) is 42.3. The summed E-state index contributed by atoms with van der Waals surface area (Å²) in [5.41, 5.74) is 6.57. The molecule has 4 rings (SSSR count). The third-order valence-electron chi connectivity index (χ3n) is 5.79. The molecule has 0 bridgehead atoms. The first-order chi connectivity index (χ1) is 17.5. The van der Waals surface area contributed by atoms with Crippen molar-refractivity contribution < 1.29 is 13.9 Å². The number of rotatable bonds is 10. The van der Waals surface area contributed by atoms with E-state index in [1.54, 1.807) is 0 Å². The third kappa shape index (κ3) is 5.64. The van der Waals surface area contributed by atoms with E-state index in [9.17, 15) is 14.4 Å². The lowest BCUT2D eigenvalue weighted by molar-refractivity contribution is -0.118. The zero-order valence-electron chi connectivity index (χ0n) is 20.0. The number of aromatic amines is 1. The van der Waals surface area contributed by atoms with Crippen molar-refractivity contribution in [2.75, 3.05) is 24.4 Å². The quantitative estimate of drug-likeness (QED) is 0.353. The molecule has 2 aromatic carbocycles. The molecule has 4 aromatic rings. The van der Waals surface area contributed by atoms with E-state index in [4.69, 9.17) is 14.9 Å². The molecule has 36 heavy (non-hydrogen) atoms. The summed E-state index contributed by atoms with van der Waals surface area (Å²) in [5, 5.41) is 0. The van der Waals surface area contributed by atoms with Gasteiger partial charge in [-0.1, -0.05) is 60.7 Å². The Morgan fingerprint density at radius 2 is 1.72 bits per heavy atom. The van der Waals surface area contributed by atoms with Gasteiger partial charge in [0.2, 0.25) is 5.91 Å². The second-order valence-corrected chi connectivity index (χ2v) is 8.24. The Kier molecular flexibility index (Phi) is 7.82. The highest BCUT2D eigenvalue weighted by Crippen LogP contribution is 2.24. The molecule has 9 heteroatoms. The number of nitrogens with zero attached hydrogens (tertiary/aromatic N) is 2. The Morgan fingerprint density at radius 1 is 1.03 bits per heavy atom.